The van der Waals surface area contributed by atoms with E-state index in [9.17, 15) is 39.6 Å². The molecule has 40 heavy (non-hydrogen) atoms. The van der Waals surface area contributed by atoms with Crippen LogP contribution in [0.15, 0.2) is 58.5 Å². The summed E-state index contributed by atoms with van der Waals surface area (Å²) in [7, 11) is -3.47. The van der Waals surface area contributed by atoms with Gasteiger partial charge in [0.1, 0.15) is 10.8 Å². The van der Waals surface area contributed by atoms with Gasteiger partial charge in [0.2, 0.25) is 0 Å². The molecule has 0 atom stereocenters. The van der Waals surface area contributed by atoms with Gasteiger partial charge < -0.3 is 0 Å². The van der Waals surface area contributed by atoms with E-state index in [1.807, 2.05) is 12.0 Å². The van der Waals surface area contributed by atoms with Crippen molar-refractivity contribution in [3.05, 3.63) is 81.3 Å². The van der Waals surface area contributed by atoms with Gasteiger partial charge in [0.15, 0.2) is 27.2 Å². The monoisotopic (exact) mass is 632 g/mol. The second-order valence-electron chi connectivity index (χ2n) is 7.49. The number of sulfone groups is 1. The van der Waals surface area contributed by atoms with Gasteiger partial charge in [-0.05, 0) is 30.7 Å². The fourth-order valence-corrected chi connectivity index (χ4v) is 3.47. The summed E-state index contributed by atoms with van der Waals surface area (Å²) in [5.74, 6) is 0.106. The van der Waals surface area contributed by atoms with Gasteiger partial charge in [-0.25, -0.2) is 27.7 Å². The van der Waals surface area contributed by atoms with Gasteiger partial charge in [-0.3, -0.25) is 9.89 Å². The zero-order valence-corrected chi connectivity index (χ0v) is 22.2. The Bertz CT molecular complexity index is 1660. The van der Waals surface area contributed by atoms with Crippen molar-refractivity contribution in [2.75, 3.05) is 6.26 Å². The molecule has 4 rings (SSSR count). The average Bonchev–Trinajstić information content (AvgIpc) is 3.43. The van der Waals surface area contributed by atoms with Crippen molar-refractivity contribution in [1.29, 1.82) is 0 Å². The molecule has 0 spiro atoms. The van der Waals surface area contributed by atoms with Gasteiger partial charge in [-0.15, -0.1) is 0 Å². The lowest BCUT2D eigenvalue weighted by Gasteiger charge is -2.04. The van der Waals surface area contributed by atoms with Crippen LogP contribution in [-0.2, 0) is 33.8 Å². The maximum atomic E-state index is 12.4. The molecular formula is C20H15ClF6N6O5S2. The number of halogens is 7. The quantitative estimate of drug-likeness (QED) is 0.337. The summed E-state index contributed by atoms with van der Waals surface area (Å²) in [4.78, 5) is 19.0. The molecule has 0 aliphatic rings. The molecule has 0 unspecified atom stereocenters. The second-order valence-corrected chi connectivity index (χ2v) is 10.0. The van der Waals surface area contributed by atoms with E-state index in [-0.39, 0.29) is 21.7 Å². The van der Waals surface area contributed by atoms with Crippen LogP contribution in [0.25, 0.3) is 11.6 Å². The largest absolute Gasteiger partial charge is 0.435 e. The molecule has 0 aromatic carbocycles. The van der Waals surface area contributed by atoms with Crippen LogP contribution < -0.4 is 5.56 Å². The molecule has 1 N–H and O–H groups in total. The Morgan fingerprint density at radius 2 is 1.50 bits per heavy atom. The highest BCUT2D eigenvalue weighted by atomic mass is 35.5. The second kappa shape index (κ2) is 12.6. The molecule has 20 heteroatoms. The van der Waals surface area contributed by atoms with Crippen molar-refractivity contribution in [3.8, 4) is 11.6 Å². The third-order valence-corrected chi connectivity index (χ3v) is 5.84. The Hall–Kier alpha value is -3.84. The van der Waals surface area contributed by atoms with E-state index in [4.69, 9.17) is 20.0 Å². The van der Waals surface area contributed by atoms with Crippen LogP contribution in [-0.4, -0.2) is 52.6 Å². The zero-order chi connectivity index (χ0) is 30.5. The number of aromatic amines is 1. The Morgan fingerprint density at radius 1 is 0.925 bits per heavy atom. The first-order valence-corrected chi connectivity index (χ1v) is 13.1. The van der Waals surface area contributed by atoms with Gasteiger partial charge in [-0.1, -0.05) is 17.7 Å². The van der Waals surface area contributed by atoms with Crippen LogP contribution in [0, 0.1) is 6.92 Å². The van der Waals surface area contributed by atoms with Crippen molar-refractivity contribution in [2.24, 2.45) is 0 Å². The molecule has 0 fully saturated rings. The summed E-state index contributed by atoms with van der Waals surface area (Å²) in [6, 6.07) is 6.71. The van der Waals surface area contributed by atoms with Gasteiger partial charge in [0.05, 0.1) is 4.90 Å². The summed E-state index contributed by atoms with van der Waals surface area (Å²) >= 11 is 4.94. The fourth-order valence-electron chi connectivity index (χ4n) is 2.68. The zero-order valence-electron chi connectivity index (χ0n) is 19.9. The maximum absolute atomic E-state index is 12.4. The molecule has 0 bridgehead atoms. The minimum Gasteiger partial charge on any atom is -0.285 e. The van der Waals surface area contributed by atoms with Crippen molar-refractivity contribution >= 4 is 33.0 Å². The summed E-state index contributed by atoms with van der Waals surface area (Å²) < 4.78 is 115. The van der Waals surface area contributed by atoms with Crippen molar-refractivity contribution < 1.29 is 43.2 Å². The molecule has 0 saturated carbocycles. The third kappa shape index (κ3) is 8.58. The van der Waals surface area contributed by atoms with Crippen LogP contribution in [0.4, 0.5) is 26.3 Å². The number of aromatic nitrogens is 6. The topological polar surface area (TPSA) is 150 Å². The average molecular weight is 633 g/mol. The number of aryl methyl sites for hydroxylation is 1. The van der Waals surface area contributed by atoms with Crippen LogP contribution in [0.1, 0.15) is 17.0 Å². The minimum atomic E-state index is -4.68. The lowest BCUT2D eigenvalue weighted by Crippen LogP contribution is -2.15. The van der Waals surface area contributed by atoms with E-state index in [1.54, 1.807) is 12.1 Å². The van der Waals surface area contributed by atoms with E-state index in [1.165, 1.54) is 6.20 Å². The van der Waals surface area contributed by atoms with Gasteiger partial charge in [0, 0.05) is 30.8 Å². The Balaban J connectivity index is 0.000000258. The Labute approximate surface area is 229 Å². The number of rotatable bonds is 3. The number of hydrogen-bond acceptors (Lipinski definition) is 8. The first kappa shape index (κ1) is 32.4. The molecule has 0 aliphatic heterocycles. The van der Waals surface area contributed by atoms with E-state index in [0.29, 0.717) is 10.7 Å². The maximum Gasteiger partial charge on any atom is 0.435 e. The highest BCUT2D eigenvalue weighted by molar-refractivity contribution is 7.90. The highest BCUT2D eigenvalue weighted by Crippen LogP contribution is 2.30. The summed E-state index contributed by atoms with van der Waals surface area (Å²) in [6.07, 6.45) is -5.74. The van der Waals surface area contributed by atoms with Crippen molar-refractivity contribution in [2.45, 2.75) is 24.2 Å². The predicted octanol–water partition coefficient (Wildman–Crippen LogP) is 3.56. The molecular weight excluding hydrogens is 618 g/mol. The van der Waals surface area contributed by atoms with Crippen LogP contribution in [0.3, 0.4) is 0 Å². The predicted molar refractivity (Wildman–Crippen MR) is 127 cm³/mol. The van der Waals surface area contributed by atoms with E-state index in [0.717, 1.165) is 40.9 Å². The van der Waals surface area contributed by atoms with Crippen LogP contribution in [0.2, 0.25) is 5.15 Å². The molecule has 0 saturated heterocycles. The number of hydrogen-bond donors (Lipinski definition) is 1. The van der Waals surface area contributed by atoms with Crippen LogP contribution in [0.5, 0.6) is 0 Å². The first-order valence-electron chi connectivity index (χ1n) is 10.1. The van der Waals surface area contributed by atoms with Crippen LogP contribution >= 0.6 is 11.6 Å². The molecule has 11 nitrogen and oxygen atoms in total. The van der Waals surface area contributed by atoms with E-state index >= 15 is 0 Å². The van der Waals surface area contributed by atoms with Gasteiger partial charge >= 0.3 is 23.9 Å². The molecule has 0 amide bonds. The summed E-state index contributed by atoms with van der Waals surface area (Å²) in [5.41, 5.74) is -2.30. The number of nitrogens with one attached hydrogen (secondary N) is 1. The normalized spacial score (nSPS) is 11.6. The fraction of sp³-hybridized carbons (Fsp3) is 0.200. The first-order chi connectivity index (χ1) is 18.4. The standard InChI is InChI=1S/C10H7ClF3N3.C10H8F3N3O3S.O2S/c1-6-2-3-9(15-5-6)17-8(11)4-7(16-17)10(12,13)14;1-20(18,19)6-2-3-8(14-5-6)16-9(17)4-7(15-16)10(11,12)13;1-3-2/h2-5H,1H3;2-5,15H,1H3;. The van der Waals surface area contributed by atoms with Crippen molar-refractivity contribution in [1.82, 2.24) is 29.5 Å². The summed E-state index contributed by atoms with van der Waals surface area (Å²) in [6.45, 7) is 1.82. The van der Waals surface area contributed by atoms with Crippen molar-refractivity contribution in [3.63, 3.8) is 0 Å². The smallest absolute Gasteiger partial charge is 0.285 e. The Morgan fingerprint density at radius 3 is 1.90 bits per heavy atom. The lowest BCUT2D eigenvalue weighted by molar-refractivity contribution is -0.142. The molecule has 216 valence electrons. The third-order valence-electron chi connectivity index (χ3n) is 4.47. The molecule has 4 heterocycles. The number of alkyl halides is 6. The van der Waals surface area contributed by atoms with Gasteiger partial charge in [-0.2, -0.15) is 39.9 Å². The lowest BCUT2D eigenvalue weighted by atomic mass is 10.3. The summed E-state index contributed by atoms with van der Waals surface area (Å²) in [5, 5.41) is 5.11. The molecule has 0 radical (unpaired) electrons. The SMILES string of the molecule is CS(=O)(=O)c1ccc(-n2[nH]c(C(F)(F)F)cc2=O)nc1.Cc1ccc(-n2nc(C(F)(F)F)cc2Cl)nc1.O=S=O. The minimum absolute atomic E-state index is 0.100. The number of nitrogens with zero attached hydrogens (tertiary/aromatic N) is 5. The molecule has 4 aromatic heterocycles. The number of H-pyrrole nitrogens is 1. The Kier molecular flexibility index (Phi) is 10.2. The van der Waals surface area contributed by atoms with E-state index < -0.39 is 50.7 Å². The van der Waals surface area contributed by atoms with Gasteiger partial charge in [0.25, 0.3) is 5.56 Å². The number of pyridine rings is 2. The highest BCUT2D eigenvalue weighted by Gasteiger charge is 2.35. The molecule has 0 aliphatic carbocycles. The van der Waals surface area contributed by atoms with E-state index in [2.05, 4.69) is 15.1 Å². The molecule has 4 aromatic rings.